The fourth-order valence-corrected chi connectivity index (χ4v) is 5.32. The van der Waals surface area contributed by atoms with Crippen LogP contribution in [-0.4, -0.2) is 18.4 Å². The Bertz CT molecular complexity index is 1280. The van der Waals surface area contributed by atoms with Gasteiger partial charge in [0.05, 0.1) is 16.5 Å². The highest BCUT2D eigenvalue weighted by molar-refractivity contribution is 7.92. The van der Waals surface area contributed by atoms with Gasteiger partial charge < -0.3 is 5.32 Å². The normalized spacial score (nSPS) is 11.6. The maximum Gasteiger partial charge on any atom is 0.263 e. The van der Waals surface area contributed by atoms with Gasteiger partial charge in [0.2, 0.25) is 5.95 Å². The van der Waals surface area contributed by atoms with Crippen molar-refractivity contribution in [1.29, 1.82) is 5.26 Å². The molecule has 0 unspecified atom stereocenters. The monoisotopic (exact) mass is 477 g/mol. The molecule has 2 N–H and O–H groups in total. The number of nitrogens with zero attached hydrogens (tertiary/aromatic N) is 3. The Labute approximate surface area is 202 Å². The Hall–Kier alpha value is -3.44. The standard InChI is InChI=1S/C26H31N5O2S/c1-16(2)20-13-22(17(3)4)25(23(14-20)18(5)6)34(32,33)31-24-11-12-28-26(30-24)29-21-9-7-19(15-27)8-10-21/h7-14,16-18H,1-6H3,(H2,28,29,30,31). The Morgan fingerprint density at radius 3 is 1.97 bits per heavy atom. The van der Waals surface area contributed by atoms with Gasteiger partial charge in [0.15, 0.2) is 0 Å². The van der Waals surface area contributed by atoms with Crippen LogP contribution < -0.4 is 10.0 Å². The number of sulfonamides is 1. The first kappa shape index (κ1) is 25.2. The largest absolute Gasteiger partial charge is 0.324 e. The molecule has 0 atom stereocenters. The van der Waals surface area contributed by atoms with E-state index in [1.54, 1.807) is 24.3 Å². The Balaban J connectivity index is 1.99. The fraction of sp³-hybridized carbons (Fsp3) is 0.346. The number of rotatable bonds is 8. The van der Waals surface area contributed by atoms with Crippen LogP contribution >= 0.6 is 0 Å². The smallest absolute Gasteiger partial charge is 0.263 e. The van der Waals surface area contributed by atoms with E-state index in [9.17, 15) is 8.42 Å². The van der Waals surface area contributed by atoms with Gasteiger partial charge in [0, 0.05) is 11.9 Å². The van der Waals surface area contributed by atoms with Crippen molar-refractivity contribution in [2.24, 2.45) is 0 Å². The summed E-state index contributed by atoms with van der Waals surface area (Å²) in [5, 5.41) is 12.0. The van der Waals surface area contributed by atoms with Crippen molar-refractivity contribution in [3.63, 3.8) is 0 Å². The van der Waals surface area contributed by atoms with Crippen molar-refractivity contribution < 1.29 is 8.42 Å². The highest BCUT2D eigenvalue weighted by atomic mass is 32.2. The molecule has 0 aliphatic carbocycles. The van der Waals surface area contributed by atoms with E-state index in [1.807, 2.05) is 39.8 Å². The maximum atomic E-state index is 13.7. The molecular formula is C26H31N5O2S. The minimum Gasteiger partial charge on any atom is -0.324 e. The van der Waals surface area contributed by atoms with E-state index in [2.05, 4.69) is 39.9 Å². The molecule has 3 aromatic rings. The molecule has 3 rings (SSSR count). The van der Waals surface area contributed by atoms with Crippen LogP contribution in [0.2, 0.25) is 0 Å². The van der Waals surface area contributed by atoms with Crippen molar-refractivity contribution >= 4 is 27.5 Å². The predicted octanol–water partition coefficient (Wildman–Crippen LogP) is 6.26. The third-order valence-corrected chi connectivity index (χ3v) is 7.00. The third-order valence-electron chi connectivity index (χ3n) is 5.51. The molecule has 0 saturated heterocycles. The van der Waals surface area contributed by atoms with Crippen molar-refractivity contribution in [2.45, 2.75) is 64.2 Å². The first-order valence-corrected chi connectivity index (χ1v) is 12.8. The SMILES string of the molecule is CC(C)c1cc(C(C)C)c(S(=O)(=O)Nc2ccnc(Nc3ccc(C#N)cc3)n2)c(C(C)C)c1. The lowest BCUT2D eigenvalue weighted by molar-refractivity contribution is 0.595. The van der Waals surface area contributed by atoms with Crippen LogP contribution in [0.3, 0.4) is 0 Å². The highest BCUT2D eigenvalue weighted by Crippen LogP contribution is 2.35. The van der Waals surface area contributed by atoms with Gasteiger partial charge in [-0.25, -0.2) is 13.4 Å². The topological polar surface area (TPSA) is 108 Å². The summed E-state index contributed by atoms with van der Waals surface area (Å²) in [6.45, 7) is 12.2. The van der Waals surface area contributed by atoms with Crippen LogP contribution in [0, 0.1) is 11.3 Å². The second-order valence-electron chi connectivity index (χ2n) is 9.18. The van der Waals surface area contributed by atoms with Crippen LogP contribution in [-0.2, 0) is 10.0 Å². The Kier molecular flexibility index (Phi) is 7.57. The predicted molar refractivity (Wildman–Crippen MR) is 136 cm³/mol. The molecule has 0 saturated carbocycles. The number of nitrogens with one attached hydrogen (secondary N) is 2. The van der Waals surface area contributed by atoms with E-state index in [0.717, 1.165) is 16.7 Å². The van der Waals surface area contributed by atoms with Gasteiger partial charge in [0.1, 0.15) is 5.82 Å². The van der Waals surface area contributed by atoms with Gasteiger partial charge >= 0.3 is 0 Å². The second-order valence-corrected chi connectivity index (χ2v) is 10.8. The van der Waals surface area contributed by atoms with Crippen LogP contribution in [0.1, 0.15) is 81.5 Å². The van der Waals surface area contributed by atoms with Crippen molar-refractivity contribution in [3.05, 3.63) is 70.9 Å². The quantitative estimate of drug-likeness (QED) is 0.396. The molecule has 0 aliphatic heterocycles. The number of anilines is 3. The van der Waals surface area contributed by atoms with Crippen molar-refractivity contribution in [3.8, 4) is 6.07 Å². The summed E-state index contributed by atoms with van der Waals surface area (Å²) in [6.07, 6.45) is 1.49. The number of benzene rings is 2. The van der Waals surface area contributed by atoms with Gasteiger partial charge in [-0.2, -0.15) is 10.2 Å². The van der Waals surface area contributed by atoms with E-state index >= 15 is 0 Å². The Morgan fingerprint density at radius 1 is 0.882 bits per heavy atom. The lowest BCUT2D eigenvalue weighted by Gasteiger charge is -2.23. The molecule has 0 bridgehead atoms. The summed E-state index contributed by atoms with van der Waals surface area (Å²) >= 11 is 0. The summed E-state index contributed by atoms with van der Waals surface area (Å²) < 4.78 is 30.0. The van der Waals surface area contributed by atoms with Crippen molar-refractivity contribution in [1.82, 2.24) is 9.97 Å². The molecule has 0 spiro atoms. The lowest BCUT2D eigenvalue weighted by atomic mass is 9.89. The third kappa shape index (κ3) is 5.72. The average Bonchev–Trinajstić information content (AvgIpc) is 2.78. The molecule has 178 valence electrons. The van der Waals surface area contributed by atoms with E-state index < -0.39 is 10.0 Å². The zero-order chi connectivity index (χ0) is 25.0. The average molecular weight is 478 g/mol. The van der Waals surface area contributed by atoms with Gasteiger partial charge in [-0.1, -0.05) is 53.7 Å². The molecule has 0 amide bonds. The minimum absolute atomic E-state index is 0.0294. The van der Waals surface area contributed by atoms with Crippen LogP contribution in [0.4, 0.5) is 17.5 Å². The second kappa shape index (κ2) is 10.2. The van der Waals surface area contributed by atoms with E-state index in [4.69, 9.17) is 5.26 Å². The molecule has 2 aromatic carbocycles. The van der Waals surface area contributed by atoms with E-state index in [1.165, 1.54) is 12.3 Å². The van der Waals surface area contributed by atoms with Crippen molar-refractivity contribution in [2.75, 3.05) is 10.0 Å². The molecular weight excluding hydrogens is 446 g/mol. The summed E-state index contributed by atoms with van der Waals surface area (Å²) in [5.74, 6) is 0.762. The molecule has 0 fully saturated rings. The van der Waals surface area contributed by atoms with E-state index in [-0.39, 0.29) is 29.5 Å². The molecule has 8 heteroatoms. The molecule has 0 aliphatic rings. The molecule has 1 aromatic heterocycles. The van der Waals surface area contributed by atoms with Gasteiger partial charge in [0.25, 0.3) is 10.0 Å². The summed E-state index contributed by atoms with van der Waals surface area (Å²) in [5.41, 5.74) is 3.95. The fourth-order valence-electron chi connectivity index (χ4n) is 3.62. The zero-order valence-corrected chi connectivity index (χ0v) is 21.2. The van der Waals surface area contributed by atoms with Gasteiger partial charge in [-0.15, -0.1) is 0 Å². The van der Waals surface area contributed by atoms with Gasteiger partial charge in [-0.3, -0.25) is 4.72 Å². The highest BCUT2D eigenvalue weighted by Gasteiger charge is 2.27. The number of hydrogen-bond donors (Lipinski definition) is 2. The number of aromatic nitrogens is 2. The molecule has 1 heterocycles. The lowest BCUT2D eigenvalue weighted by Crippen LogP contribution is -2.20. The molecule has 7 nitrogen and oxygen atoms in total. The first-order valence-electron chi connectivity index (χ1n) is 11.3. The van der Waals surface area contributed by atoms with Crippen LogP contribution in [0.15, 0.2) is 53.6 Å². The number of hydrogen-bond acceptors (Lipinski definition) is 6. The van der Waals surface area contributed by atoms with Gasteiger partial charge in [-0.05, 0) is 64.8 Å². The van der Waals surface area contributed by atoms with Crippen LogP contribution in [0.25, 0.3) is 0 Å². The molecule has 34 heavy (non-hydrogen) atoms. The molecule has 0 radical (unpaired) electrons. The summed E-state index contributed by atoms with van der Waals surface area (Å²) in [4.78, 5) is 8.84. The first-order chi connectivity index (χ1) is 16.0. The number of nitriles is 1. The Morgan fingerprint density at radius 2 is 1.47 bits per heavy atom. The minimum atomic E-state index is -3.91. The maximum absolute atomic E-state index is 13.7. The van der Waals surface area contributed by atoms with E-state index in [0.29, 0.717) is 16.1 Å². The summed E-state index contributed by atoms with van der Waals surface area (Å²) in [6, 6.07) is 14.4. The summed E-state index contributed by atoms with van der Waals surface area (Å²) in [7, 11) is -3.91. The zero-order valence-electron chi connectivity index (χ0n) is 20.4. The van der Waals surface area contributed by atoms with Crippen LogP contribution in [0.5, 0.6) is 0 Å².